The Morgan fingerprint density at radius 1 is 1.41 bits per heavy atom. The maximum Gasteiger partial charge on any atom is 0.229 e. The first-order valence-corrected chi connectivity index (χ1v) is 6.16. The van der Waals surface area contributed by atoms with Crippen LogP contribution in [0, 0.1) is 16.7 Å². The molecule has 1 aliphatic carbocycles. The largest absolute Gasteiger partial charge is 0.309 e. The summed E-state index contributed by atoms with van der Waals surface area (Å²) in [5, 5.41) is 9.86. The van der Waals surface area contributed by atoms with E-state index in [2.05, 4.69) is 43.2 Å². The van der Waals surface area contributed by atoms with Gasteiger partial charge in [-0.1, -0.05) is 34.6 Å². The summed E-state index contributed by atoms with van der Waals surface area (Å²) in [6.45, 7) is 10.6. The fourth-order valence-electron chi connectivity index (χ4n) is 2.66. The van der Waals surface area contributed by atoms with E-state index in [0.717, 1.165) is 12.1 Å². The number of hydrogen-bond acceptors (Lipinski definition) is 2. The minimum Gasteiger partial charge on any atom is -0.309 e. The normalized spacial score (nSPS) is 21.2. The number of nitrogens with zero attached hydrogens (tertiary/aromatic N) is 1. The number of anilines is 1. The van der Waals surface area contributed by atoms with E-state index in [1.54, 1.807) is 0 Å². The van der Waals surface area contributed by atoms with Crippen LogP contribution in [0.5, 0.6) is 0 Å². The molecule has 0 aliphatic heterocycles. The van der Waals surface area contributed by atoms with Gasteiger partial charge in [0.25, 0.3) is 0 Å². The van der Waals surface area contributed by atoms with Gasteiger partial charge in [0.1, 0.15) is 0 Å². The third-order valence-corrected chi connectivity index (χ3v) is 4.55. The highest BCUT2D eigenvalue weighted by Gasteiger charge is 2.68. The zero-order chi connectivity index (χ0) is 12.8. The van der Waals surface area contributed by atoms with Crippen molar-refractivity contribution in [1.29, 1.82) is 0 Å². The van der Waals surface area contributed by atoms with Gasteiger partial charge in [-0.25, -0.2) is 0 Å². The molecule has 0 radical (unpaired) electrons. The van der Waals surface area contributed by atoms with Gasteiger partial charge in [-0.3, -0.25) is 9.89 Å². The van der Waals surface area contributed by atoms with Crippen LogP contribution in [0.1, 0.15) is 40.3 Å². The second kappa shape index (κ2) is 3.59. The Morgan fingerprint density at radius 3 is 2.41 bits per heavy atom. The van der Waals surface area contributed by atoms with Crippen LogP contribution in [-0.4, -0.2) is 16.1 Å². The molecule has 1 aromatic heterocycles. The lowest BCUT2D eigenvalue weighted by molar-refractivity contribution is -0.118. The van der Waals surface area contributed by atoms with Crippen LogP contribution in [0.3, 0.4) is 0 Å². The summed E-state index contributed by atoms with van der Waals surface area (Å²) in [5.41, 5.74) is 1.18. The first kappa shape index (κ1) is 12.1. The summed E-state index contributed by atoms with van der Waals surface area (Å²) in [5.74, 6) is 0.774. The van der Waals surface area contributed by atoms with Crippen LogP contribution >= 0.6 is 0 Å². The first-order chi connectivity index (χ1) is 7.80. The summed E-state index contributed by atoms with van der Waals surface area (Å²) in [4.78, 5) is 12.1. The number of rotatable bonds is 3. The van der Waals surface area contributed by atoms with Crippen molar-refractivity contribution in [2.45, 2.75) is 41.0 Å². The second-order valence-electron chi connectivity index (χ2n) is 6.00. The second-order valence-corrected chi connectivity index (χ2v) is 6.00. The lowest BCUT2D eigenvalue weighted by Crippen LogP contribution is -2.17. The summed E-state index contributed by atoms with van der Waals surface area (Å²) < 4.78 is 0. The molecule has 0 bridgehead atoms. The molecule has 1 saturated carbocycles. The number of carbonyl (C=O) groups excluding carboxylic acids is 1. The van der Waals surface area contributed by atoms with E-state index >= 15 is 0 Å². The third kappa shape index (κ3) is 1.75. The van der Waals surface area contributed by atoms with Gasteiger partial charge in [0.05, 0.1) is 0 Å². The molecule has 1 aliphatic rings. The van der Waals surface area contributed by atoms with Crippen LogP contribution in [-0.2, 0) is 11.2 Å². The minimum absolute atomic E-state index is 0.0665. The van der Waals surface area contributed by atoms with Crippen LogP contribution in [0.25, 0.3) is 0 Å². The summed E-state index contributed by atoms with van der Waals surface area (Å²) in [6.07, 6.45) is 0.892. The number of carbonyl (C=O) groups is 1. The third-order valence-electron chi connectivity index (χ3n) is 4.55. The van der Waals surface area contributed by atoms with E-state index < -0.39 is 0 Å². The van der Waals surface area contributed by atoms with E-state index in [1.165, 1.54) is 0 Å². The molecule has 2 N–H and O–H groups in total. The van der Waals surface area contributed by atoms with Gasteiger partial charge < -0.3 is 5.32 Å². The molecular weight excluding hydrogens is 214 g/mol. The fraction of sp³-hybridized carbons (Fsp3) is 0.692. The van der Waals surface area contributed by atoms with Gasteiger partial charge in [0.15, 0.2) is 5.82 Å². The standard InChI is InChI=1S/C13H21N3O/c1-6-8-7-9(16-15-8)14-11(17)10-12(2,3)13(10,4)5/h7,10H,6H2,1-5H3,(H2,14,15,16,17). The van der Waals surface area contributed by atoms with Gasteiger partial charge in [-0.05, 0) is 17.3 Å². The fourth-order valence-corrected chi connectivity index (χ4v) is 2.66. The van der Waals surface area contributed by atoms with E-state index in [0.29, 0.717) is 5.82 Å². The highest BCUT2D eigenvalue weighted by Crippen LogP contribution is 2.68. The van der Waals surface area contributed by atoms with Gasteiger partial charge in [0.2, 0.25) is 5.91 Å². The van der Waals surface area contributed by atoms with Crippen molar-refractivity contribution in [3.05, 3.63) is 11.8 Å². The average molecular weight is 235 g/mol. The molecule has 0 spiro atoms. The molecule has 0 unspecified atom stereocenters. The summed E-state index contributed by atoms with van der Waals surface area (Å²) in [7, 11) is 0. The number of aromatic amines is 1. The molecule has 1 fully saturated rings. The molecule has 0 aromatic carbocycles. The number of amides is 1. The Labute approximate surface area is 102 Å². The van der Waals surface area contributed by atoms with Crippen molar-refractivity contribution in [2.75, 3.05) is 5.32 Å². The monoisotopic (exact) mass is 235 g/mol. The van der Waals surface area contributed by atoms with Crippen LogP contribution in [0.2, 0.25) is 0 Å². The maximum atomic E-state index is 12.1. The molecule has 1 aromatic rings. The molecule has 17 heavy (non-hydrogen) atoms. The molecule has 2 rings (SSSR count). The number of H-pyrrole nitrogens is 1. The van der Waals surface area contributed by atoms with Crippen molar-refractivity contribution < 1.29 is 4.79 Å². The van der Waals surface area contributed by atoms with E-state index in [9.17, 15) is 4.79 Å². The van der Waals surface area contributed by atoms with Crippen LogP contribution in [0.15, 0.2) is 6.07 Å². The lowest BCUT2D eigenvalue weighted by Gasteiger charge is -2.03. The van der Waals surface area contributed by atoms with Crippen molar-refractivity contribution >= 4 is 11.7 Å². The molecule has 1 amide bonds. The smallest absolute Gasteiger partial charge is 0.229 e. The van der Waals surface area contributed by atoms with E-state index in [-0.39, 0.29) is 22.7 Å². The Balaban J connectivity index is 2.04. The maximum absolute atomic E-state index is 12.1. The van der Waals surface area contributed by atoms with E-state index in [1.807, 2.05) is 13.0 Å². The van der Waals surface area contributed by atoms with E-state index in [4.69, 9.17) is 0 Å². The number of aromatic nitrogens is 2. The molecule has 94 valence electrons. The molecule has 4 heteroatoms. The van der Waals surface area contributed by atoms with Crippen molar-refractivity contribution in [3.63, 3.8) is 0 Å². The molecular formula is C13H21N3O. The molecule has 1 heterocycles. The molecule has 0 atom stereocenters. The minimum atomic E-state index is 0.0665. The quantitative estimate of drug-likeness (QED) is 0.846. The number of aryl methyl sites for hydroxylation is 1. The highest BCUT2D eigenvalue weighted by atomic mass is 16.2. The van der Waals surface area contributed by atoms with Gasteiger partial charge in [0, 0.05) is 17.7 Å². The number of nitrogens with one attached hydrogen (secondary N) is 2. The van der Waals surface area contributed by atoms with Crippen LogP contribution < -0.4 is 5.32 Å². The van der Waals surface area contributed by atoms with Crippen LogP contribution in [0.4, 0.5) is 5.82 Å². The predicted molar refractivity (Wildman–Crippen MR) is 67.6 cm³/mol. The SMILES string of the molecule is CCc1cc(NC(=O)C2C(C)(C)C2(C)C)n[nH]1. The lowest BCUT2D eigenvalue weighted by atomic mass is 10.0. The van der Waals surface area contributed by atoms with Crippen molar-refractivity contribution in [3.8, 4) is 0 Å². The summed E-state index contributed by atoms with van der Waals surface area (Å²) in [6, 6.07) is 1.89. The van der Waals surface area contributed by atoms with Gasteiger partial charge >= 0.3 is 0 Å². The number of hydrogen-bond donors (Lipinski definition) is 2. The Hall–Kier alpha value is -1.32. The van der Waals surface area contributed by atoms with Crippen molar-refractivity contribution in [1.82, 2.24) is 10.2 Å². The molecule has 0 saturated heterocycles. The Kier molecular flexibility index (Phi) is 2.56. The van der Waals surface area contributed by atoms with Gasteiger partial charge in [-0.15, -0.1) is 0 Å². The average Bonchev–Trinajstić information content (AvgIpc) is 2.57. The highest BCUT2D eigenvalue weighted by molar-refractivity contribution is 5.95. The first-order valence-electron chi connectivity index (χ1n) is 6.16. The van der Waals surface area contributed by atoms with Gasteiger partial charge in [-0.2, -0.15) is 5.10 Å². The topological polar surface area (TPSA) is 57.8 Å². The Bertz CT molecular complexity index is 431. The predicted octanol–water partition coefficient (Wildman–Crippen LogP) is 2.59. The Morgan fingerprint density at radius 2 is 2.00 bits per heavy atom. The van der Waals surface area contributed by atoms with Crippen molar-refractivity contribution in [2.24, 2.45) is 16.7 Å². The summed E-state index contributed by atoms with van der Waals surface area (Å²) >= 11 is 0. The zero-order valence-electron chi connectivity index (χ0n) is 11.2. The zero-order valence-corrected chi connectivity index (χ0v) is 11.2. The molecule has 4 nitrogen and oxygen atoms in total.